The normalized spacial score (nSPS) is 27.8. The van der Waals surface area contributed by atoms with Crippen LogP contribution in [0.3, 0.4) is 0 Å². The van der Waals surface area contributed by atoms with Gasteiger partial charge in [0.25, 0.3) is 0 Å². The lowest BCUT2D eigenvalue weighted by molar-refractivity contribution is -0.121. The summed E-state index contributed by atoms with van der Waals surface area (Å²) < 4.78 is 0. The minimum absolute atomic E-state index is 0.203. The zero-order valence-electron chi connectivity index (χ0n) is 6.68. The molecule has 11 heavy (non-hydrogen) atoms. The van der Waals surface area contributed by atoms with E-state index in [9.17, 15) is 4.79 Å². The third-order valence-electron chi connectivity index (χ3n) is 2.35. The van der Waals surface area contributed by atoms with Crippen LogP contribution in [0.15, 0.2) is 0 Å². The van der Waals surface area contributed by atoms with Crippen LogP contribution in [0.4, 0.5) is 0 Å². The Morgan fingerprint density at radius 1 is 1.45 bits per heavy atom. The summed E-state index contributed by atoms with van der Waals surface area (Å²) in [4.78, 5) is 13.4. The van der Waals surface area contributed by atoms with Gasteiger partial charge in [0, 0.05) is 19.1 Å². The number of hydrogen-bond acceptors (Lipinski definition) is 2. The van der Waals surface area contributed by atoms with Gasteiger partial charge in [-0.05, 0) is 19.3 Å². The molecule has 2 rings (SSSR count). The van der Waals surface area contributed by atoms with Crippen LogP contribution in [-0.2, 0) is 4.79 Å². The first-order valence-corrected chi connectivity index (χ1v) is 4.37. The minimum atomic E-state index is 0.203. The molecular formula is C8H14N2O. The van der Waals surface area contributed by atoms with Gasteiger partial charge in [-0.15, -0.1) is 0 Å². The third kappa shape index (κ3) is 1.71. The van der Waals surface area contributed by atoms with Gasteiger partial charge in [0.05, 0.1) is 6.54 Å². The Balaban J connectivity index is 1.91. The largest absolute Gasteiger partial charge is 0.355 e. The molecule has 2 fully saturated rings. The Bertz CT molecular complexity index is 165. The number of nitrogens with zero attached hydrogens (tertiary/aromatic N) is 1. The molecule has 1 aliphatic carbocycles. The van der Waals surface area contributed by atoms with Crippen molar-refractivity contribution in [3.05, 3.63) is 0 Å². The molecule has 0 unspecified atom stereocenters. The summed E-state index contributed by atoms with van der Waals surface area (Å²) in [6.07, 6.45) is 3.71. The molecule has 2 aliphatic rings. The molecule has 0 aromatic rings. The van der Waals surface area contributed by atoms with Gasteiger partial charge in [-0.3, -0.25) is 9.69 Å². The van der Waals surface area contributed by atoms with Gasteiger partial charge in [0.15, 0.2) is 0 Å². The fourth-order valence-electron chi connectivity index (χ4n) is 1.58. The number of rotatable bonds is 1. The molecule has 0 bridgehead atoms. The first kappa shape index (κ1) is 7.10. The highest BCUT2D eigenvalue weighted by Gasteiger charge is 2.30. The second-order valence-corrected chi connectivity index (χ2v) is 3.41. The molecule has 3 nitrogen and oxygen atoms in total. The fraction of sp³-hybridized carbons (Fsp3) is 0.875. The zero-order valence-corrected chi connectivity index (χ0v) is 6.68. The Morgan fingerprint density at radius 2 is 2.27 bits per heavy atom. The van der Waals surface area contributed by atoms with Crippen LogP contribution in [0.5, 0.6) is 0 Å². The Labute approximate surface area is 66.8 Å². The topological polar surface area (TPSA) is 32.3 Å². The van der Waals surface area contributed by atoms with Crippen molar-refractivity contribution in [1.82, 2.24) is 10.2 Å². The summed E-state index contributed by atoms with van der Waals surface area (Å²) in [5, 5.41) is 2.88. The van der Waals surface area contributed by atoms with E-state index in [1.54, 1.807) is 0 Å². The SMILES string of the molecule is O=C1CN(C2CC2)CCCN1. The third-order valence-corrected chi connectivity index (χ3v) is 2.35. The second kappa shape index (κ2) is 2.81. The van der Waals surface area contributed by atoms with Crippen LogP contribution >= 0.6 is 0 Å². The highest BCUT2D eigenvalue weighted by molar-refractivity contribution is 5.78. The van der Waals surface area contributed by atoms with Gasteiger partial charge >= 0.3 is 0 Å². The fourth-order valence-corrected chi connectivity index (χ4v) is 1.58. The van der Waals surface area contributed by atoms with E-state index in [1.165, 1.54) is 12.8 Å². The Kier molecular flexibility index (Phi) is 1.82. The van der Waals surface area contributed by atoms with E-state index in [0.717, 1.165) is 25.6 Å². The number of carbonyl (C=O) groups is 1. The number of amides is 1. The van der Waals surface area contributed by atoms with Crippen molar-refractivity contribution in [3.63, 3.8) is 0 Å². The van der Waals surface area contributed by atoms with E-state index in [-0.39, 0.29) is 5.91 Å². The van der Waals surface area contributed by atoms with Crippen LogP contribution < -0.4 is 5.32 Å². The summed E-state index contributed by atoms with van der Waals surface area (Å²) in [7, 11) is 0. The number of nitrogens with one attached hydrogen (secondary N) is 1. The van der Waals surface area contributed by atoms with Crippen LogP contribution in [0, 0.1) is 0 Å². The summed E-state index contributed by atoms with van der Waals surface area (Å²) in [5.41, 5.74) is 0. The van der Waals surface area contributed by atoms with Crippen molar-refractivity contribution in [2.24, 2.45) is 0 Å². The molecule has 1 saturated carbocycles. The molecule has 1 heterocycles. The van der Waals surface area contributed by atoms with Crippen LogP contribution in [0.1, 0.15) is 19.3 Å². The van der Waals surface area contributed by atoms with Crippen molar-refractivity contribution in [2.75, 3.05) is 19.6 Å². The van der Waals surface area contributed by atoms with Gasteiger partial charge in [0.2, 0.25) is 5.91 Å². The Morgan fingerprint density at radius 3 is 3.00 bits per heavy atom. The number of hydrogen-bond donors (Lipinski definition) is 1. The van der Waals surface area contributed by atoms with E-state index >= 15 is 0 Å². The van der Waals surface area contributed by atoms with Crippen LogP contribution in [0.25, 0.3) is 0 Å². The smallest absolute Gasteiger partial charge is 0.234 e. The van der Waals surface area contributed by atoms with Crippen molar-refractivity contribution >= 4 is 5.91 Å². The van der Waals surface area contributed by atoms with Crippen molar-refractivity contribution in [2.45, 2.75) is 25.3 Å². The zero-order chi connectivity index (χ0) is 7.68. The van der Waals surface area contributed by atoms with E-state index in [1.807, 2.05) is 0 Å². The molecule has 1 amide bonds. The first-order chi connectivity index (χ1) is 5.36. The summed E-state index contributed by atoms with van der Waals surface area (Å²) in [6.45, 7) is 2.59. The lowest BCUT2D eigenvalue weighted by Crippen LogP contribution is -2.34. The molecule has 1 saturated heterocycles. The highest BCUT2D eigenvalue weighted by Crippen LogP contribution is 2.26. The molecule has 62 valence electrons. The van der Waals surface area contributed by atoms with E-state index < -0.39 is 0 Å². The van der Waals surface area contributed by atoms with Gasteiger partial charge in [-0.25, -0.2) is 0 Å². The molecule has 0 atom stereocenters. The molecule has 0 radical (unpaired) electrons. The maximum atomic E-state index is 11.1. The molecule has 0 aromatic heterocycles. The molecule has 0 aromatic carbocycles. The minimum Gasteiger partial charge on any atom is -0.355 e. The lowest BCUT2D eigenvalue weighted by Gasteiger charge is -2.16. The maximum Gasteiger partial charge on any atom is 0.234 e. The Hall–Kier alpha value is -0.570. The quantitative estimate of drug-likeness (QED) is 0.575. The van der Waals surface area contributed by atoms with Gasteiger partial charge in [-0.2, -0.15) is 0 Å². The van der Waals surface area contributed by atoms with Gasteiger partial charge in [-0.1, -0.05) is 0 Å². The molecule has 3 heteroatoms. The average Bonchev–Trinajstić information content (AvgIpc) is 2.71. The second-order valence-electron chi connectivity index (χ2n) is 3.41. The molecule has 0 spiro atoms. The van der Waals surface area contributed by atoms with Crippen molar-refractivity contribution < 1.29 is 4.79 Å². The van der Waals surface area contributed by atoms with Gasteiger partial charge in [0.1, 0.15) is 0 Å². The first-order valence-electron chi connectivity index (χ1n) is 4.37. The van der Waals surface area contributed by atoms with Crippen molar-refractivity contribution in [3.8, 4) is 0 Å². The highest BCUT2D eigenvalue weighted by atomic mass is 16.2. The molecule has 1 aliphatic heterocycles. The standard InChI is InChI=1S/C8H14N2O/c11-8-6-10(7-2-3-7)5-1-4-9-8/h7H,1-6H2,(H,9,11). The van der Waals surface area contributed by atoms with Crippen LogP contribution in [-0.4, -0.2) is 36.5 Å². The molecular weight excluding hydrogens is 140 g/mol. The van der Waals surface area contributed by atoms with Crippen LogP contribution in [0.2, 0.25) is 0 Å². The average molecular weight is 154 g/mol. The van der Waals surface area contributed by atoms with E-state index in [4.69, 9.17) is 0 Å². The summed E-state index contributed by atoms with van der Waals surface area (Å²) in [6, 6.07) is 0.735. The maximum absolute atomic E-state index is 11.1. The number of carbonyl (C=O) groups excluding carboxylic acids is 1. The van der Waals surface area contributed by atoms with E-state index in [2.05, 4.69) is 10.2 Å². The monoisotopic (exact) mass is 154 g/mol. The predicted octanol–water partition coefficient (Wildman–Crippen LogP) is -0.0293. The summed E-state index contributed by atoms with van der Waals surface area (Å²) in [5.74, 6) is 0.203. The van der Waals surface area contributed by atoms with Gasteiger partial charge < -0.3 is 5.32 Å². The summed E-state index contributed by atoms with van der Waals surface area (Å²) >= 11 is 0. The van der Waals surface area contributed by atoms with Crippen molar-refractivity contribution in [1.29, 1.82) is 0 Å². The predicted molar refractivity (Wildman–Crippen MR) is 42.2 cm³/mol. The molecule has 1 N–H and O–H groups in total. The lowest BCUT2D eigenvalue weighted by atomic mass is 10.4. The van der Waals surface area contributed by atoms with E-state index in [0.29, 0.717) is 6.54 Å².